The fraction of sp³-hybridized carbons (Fsp3) is 0.909. The number of hydrogen-bond donors (Lipinski definition) is 3. The topological polar surface area (TPSA) is 95.9 Å². The Hall–Kier alpha value is -1.66. The van der Waals surface area contributed by atoms with Crippen LogP contribution in [-0.4, -0.2) is 47.4 Å². The molecule has 1 amide bonds. The number of nitrogens with one attached hydrogen (secondary N) is 1. The van der Waals surface area contributed by atoms with E-state index in [0.717, 1.165) is 51.4 Å². The molecule has 72 heavy (non-hydrogen) atoms. The molecule has 2 atom stereocenters. The van der Waals surface area contributed by atoms with Crippen molar-refractivity contribution < 1.29 is 24.5 Å². The van der Waals surface area contributed by atoms with Gasteiger partial charge in [0.05, 0.1) is 25.4 Å². The maximum atomic E-state index is 12.5. The maximum absolute atomic E-state index is 12.5. The van der Waals surface area contributed by atoms with Gasteiger partial charge in [0.1, 0.15) is 0 Å². The number of aliphatic hydroxyl groups is 2. The molecule has 0 bridgehead atoms. The molecule has 0 aromatic carbocycles. The minimum atomic E-state index is -0.668. The van der Waals surface area contributed by atoms with Crippen molar-refractivity contribution in [1.82, 2.24) is 5.32 Å². The Kier molecular flexibility index (Phi) is 60.5. The molecule has 0 heterocycles. The number of esters is 1. The summed E-state index contributed by atoms with van der Waals surface area (Å²) in [5.74, 6) is -0.0674. The minimum absolute atomic E-state index is 0.0305. The molecule has 0 rings (SSSR count). The Morgan fingerprint density at radius 1 is 0.389 bits per heavy atom. The monoisotopic (exact) mass is 1010 g/mol. The number of allylic oxidation sites excluding steroid dienone is 3. The zero-order chi connectivity index (χ0) is 52.2. The quantitative estimate of drug-likeness (QED) is 0.0320. The molecular formula is C66H127NO5. The normalized spacial score (nSPS) is 12.7. The third-order valence-corrected chi connectivity index (χ3v) is 15.3. The lowest BCUT2D eigenvalue weighted by molar-refractivity contribution is -0.143. The Balaban J connectivity index is 3.43. The molecule has 0 aromatic rings. The van der Waals surface area contributed by atoms with Gasteiger partial charge in [-0.2, -0.15) is 0 Å². The van der Waals surface area contributed by atoms with Crippen LogP contribution in [0, 0.1) is 0 Å². The largest absolute Gasteiger partial charge is 0.465 e. The van der Waals surface area contributed by atoms with Crippen LogP contribution < -0.4 is 5.32 Å². The molecule has 3 N–H and O–H groups in total. The van der Waals surface area contributed by atoms with Gasteiger partial charge in [0.2, 0.25) is 5.91 Å². The van der Waals surface area contributed by atoms with Gasteiger partial charge in [0.15, 0.2) is 0 Å². The standard InChI is InChI=1S/C66H127NO5/c1-3-5-7-9-11-13-15-17-19-26-30-34-38-42-46-50-54-58-64(69)63(62-68)67-65(70)59-55-51-47-43-39-35-31-28-24-22-21-23-25-29-33-37-41-45-49-53-57-61-72-66(71)60-56-52-48-44-40-36-32-27-20-18-16-14-12-10-8-6-4-2/h37,41,49,53,63-64,68-69H,3-36,38-40,42-48,50-52,54-62H2,1-2H3,(H,67,70)/b41-37-,53-49-. The highest BCUT2D eigenvalue weighted by molar-refractivity contribution is 5.76. The van der Waals surface area contributed by atoms with Gasteiger partial charge >= 0.3 is 5.97 Å². The molecule has 0 fully saturated rings. The number of ether oxygens (including phenoxy) is 1. The average Bonchev–Trinajstić information content (AvgIpc) is 3.38. The van der Waals surface area contributed by atoms with Gasteiger partial charge in [-0.1, -0.05) is 327 Å². The number of rotatable bonds is 61. The van der Waals surface area contributed by atoms with Crippen molar-refractivity contribution in [3.8, 4) is 0 Å². The second kappa shape index (κ2) is 61.9. The van der Waals surface area contributed by atoms with Crippen LogP contribution in [0.15, 0.2) is 24.3 Å². The number of amides is 1. The summed E-state index contributed by atoms with van der Waals surface area (Å²) in [4.78, 5) is 24.6. The third kappa shape index (κ3) is 57.6. The summed E-state index contributed by atoms with van der Waals surface area (Å²) in [6.07, 6.45) is 76.4. The van der Waals surface area contributed by atoms with Gasteiger partial charge in [0, 0.05) is 12.8 Å². The summed E-state index contributed by atoms with van der Waals surface area (Å²) >= 11 is 0. The van der Waals surface area contributed by atoms with Gasteiger partial charge in [0.25, 0.3) is 0 Å². The Morgan fingerprint density at radius 2 is 0.694 bits per heavy atom. The van der Waals surface area contributed by atoms with E-state index in [-0.39, 0.29) is 18.5 Å². The fourth-order valence-electron chi connectivity index (χ4n) is 10.3. The van der Waals surface area contributed by atoms with Crippen molar-refractivity contribution in [2.45, 2.75) is 373 Å². The first-order chi connectivity index (χ1) is 35.5. The van der Waals surface area contributed by atoms with Gasteiger partial charge < -0.3 is 20.3 Å². The number of hydrogen-bond acceptors (Lipinski definition) is 5. The second-order valence-corrected chi connectivity index (χ2v) is 22.5. The molecule has 0 aromatic heterocycles. The second-order valence-electron chi connectivity index (χ2n) is 22.5. The Bertz CT molecular complexity index is 1120. The van der Waals surface area contributed by atoms with Crippen molar-refractivity contribution in [2.24, 2.45) is 0 Å². The lowest BCUT2D eigenvalue weighted by atomic mass is 10.0. The van der Waals surface area contributed by atoms with Gasteiger partial charge in [-0.25, -0.2) is 0 Å². The van der Waals surface area contributed by atoms with Crippen LogP contribution >= 0.6 is 0 Å². The Labute approximate surface area is 450 Å². The van der Waals surface area contributed by atoms with Crippen LogP contribution in [0.4, 0.5) is 0 Å². The van der Waals surface area contributed by atoms with Crippen molar-refractivity contribution in [2.75, 3.05) is 13.2 Å². The van der Waals surface area contributed by atoms with E-state index < -0.39 is 12.1 Å². The van der Waals surface area contributed by atoms with Crippen LogP contribution in [-0.2, 0) is 14.3 Å². The van der Waals surface area contributed by atoms with E-state index in [4.69, 9.17) is 4.74 Å². The molecule has 0 aliphatic rings. The number of aliphatic hydroxyl groups excluding tert-OH is 2. The molecule has 6 heteroatoms. The minimum Gasteiger partial charge on any atom is -0.465 e. The summed E-state index contributed by atoms with van der Waals surface area (Å²) in [6.45, 7) is 4.88. The lowest BCUT2D eigenvalue weighted by Gasteiger charge is -2.22. The van der Waals surface area contributed by atoms with Crippen LogP contribution in [0.2, 0.25) is 0 Å². The van der Waals surface area contributed by atoms with E-state index in [1.807, 2.05) is 0 Å². The smallest absolute Gasteiger partial charge is 0.305 e. The molecule has 426 valence electrons. The van der Waals surface area contributed by atoms with E-state index in [1.165, 1.54) is 276 Å². The highest BCUT2D eigenvalue weighted by Crippen LogP contribution is 2.18. The molecule has 0 aliphatic carbocycles. The summed E-state index contributed by atoms with van der Waals surface area (Å²) in [7, 11) is 0. The molecule has 2 unspecified atom stereocenters. The highest BCUT2D eigenvalue weighted by Gasteiger charge is 2.20. The molecule has 0 saturated carbocycles. The third-order valence-electron chi connectivity index (χ3n) is 15.3. The zero-order valence-corrected chi connectivity index (χ0v) is 48.7. The summed E-state index contributed by atoms with van der Waals surface area (Å²) in [5, 5.41) is 23.3. The van der Waals surface area contributed by atoms with E-state index in [1.54, 1.807) is 0 Å². The van der Waals surface area contributed by atoms with E-state index >= 15 is 0 Å². The first-order valence-corrected chi connectivity index (χ1v) is 32.6. The predicted molar refractivity (Wildman–Crippen MR) is 315 cm³/mol. The van der Waals surface area contributed by atoms with Crippen molar-refractivity contribution in [1.29, 1.82) is 0 Å². The van der Waals surface area contributed by atoms with E-state index in [0.29, 0.717) is 25.9 Å². The van der Waals surface area contributed by atoms with Crippen LogP contribution in [0.3, 0.4) is 0 Å². The highest BCUT2D eigenvalue weighted by atomic mass is 16.5. The number of carbonyl (C=O) groups is 2. The average molecular weight is 1010 g/mol. The van der Waals surface area contributed by atoms with Crippen molar-refractivity contribution in [3.05, 3.63) is 24.3 Å². The summed E-state index contributed by atoms with van der Waals surface area (Å²) < 4.78 is 5.43. The first kappa shape index (κ1) is 70.3. The lowest BCUT2D eigenvalue weighted by Crippen LogP contribution is -2.45. The van der Waals surface area contributed by atoms with Crippen LogP contribution in [0.25, 0.3) is 0 Å². The van der Waals surface area contributed by atoms with Crippen molar-refractivity contribution in [3.63, 3.8) is 0 Å². The number of unbranched alkanes of at least 4 members (excludes halogenated alkanes) is 46. The van der Waals surface area contributed by atoms with Gasteiger partial charge in [-0.15, -0.1) is 0 Å². The molecule has 0 saturated heterocycles. The fourth-order valence-corrected chi connectivity index (χ4v) is 10.3. The van der Waals surface area contributed by atoms with Gasteiger partial charge in [-0.05, 0) is 44.9 Å². The first-order valence-electron chi connectivity index (χ1n) is 32.6. The zero-order valence-electron chi connectivity index (χ0n) is 48.7. The molecule has 0 radical (unpaired) electrons. The molecular weight excluding hydrogens is 887 g/mol. The van der Waals surface area contributed by atoms with E-state index in [9.17, 15) is 19.8 Å². The molecule has 6 nitrogen and oxygen atoms in total. The van der Waals surface area contributed by atoms with E-state index in [2.05, 4.69) is 43.5 Å². The molecule has 0 spiro atoms. The Morgan fingerprint density at radius 3 is 1.06 bits per heavy atom. The summed E-state index contributed by atoms with van der Waals surface area (Å²) in [6, 6.07) is -0.545. The predicted octanol–water partition coefficient (Wildman–Crippen LogP) is 20.6. The SMILES string of the molecule is CCCCCCCCCCCCCCCCCCCC(=O)OCC/C=C\C/C=C\CCCCCCCCCCCCCCCCC(=O)NC(CO)C(O)CCCCCCCCCCCCCCCCCCC. The molecule has 0 aliphatic heterocycles. The van der Waals surface area contributed by atoms with Gasteiger partial charge in [-0.3, -0.25) is 9.59 Å². The summed E-state index contributed by atoms with van der Waals surface area (Å²) in [5.41, 5.74) is 0. The number of carbonyl (C=O) groups excluding carboxylic acids is 2. The van der Waals surface area contributed by atoms with Crippen LogP contribution in [0.5, 0.6) is 0 Å². The van der Waals surface area contributed by atoms with Crippen molar-refractivity contribution >= 4 is 11.9 Å². The maximum Gasteiger partial charge on any atom is 0.305 e. The van der Waals surface area contributed by atoms with Crippen LogP contribution in [0.1, 0.15) is 361 Å².